The van der Waals surface area contributed by atoms with Crippen LogP contribution in [0, 0.1) is 43.4 Å². The summed E-state index contributed by atoms with van der Waals surface area (Å²) in [5.41, 5.74) is 2.99. The maximum atomic E-state index is 13.2. The molecule has 1 aromatic carbocycles. The van der Waals surface area contributed by atoms with E-state index in [-0.39, 0.29) is 5.92 Å². The Labute approximate surface area is 132 Å². The van der Waals surface area contributed by atoms with E-state index in [1.54, 1.807) is 0 Å². The van der Waals surface area contributed by atoms with Gasteiger partial charge in [-0.05, 0) is 92.9 Å². The normalized spacial score (nSPS) is 37.0. The molecule has 0 heterocycles. The highest BCUT2D eigenvalue weighted by molar-refractivity contribution is 6.31. The van der Waals surface area contributed by atoms with E-state index in [4.69, 9.17) is 11.6 Å². The minimum Gasteiger partial charge on any atom is -0.294 e. The van der Waals surface area contributed by atoms with Crippen molar-refractivity contribution in [2.45, 2.75) is 46.0 Å². The lowest BCUT2D eigenvalue weighted by molar-refractivity contribution is -0.0251. The van der Waals surface area contributed by atoms with Crippen molar-refractivity contribution in [3.63, 3.8) is 0 Å². The van der Waals surface area contributed by atoms with Gasteiger partial charge in [-0.2, -0.15) is 0 Å². The number of hydrogen-bond acceptors (Lipinski definition) is 1. The zero-order chi connectivity index (χ0) is 14.7. The van der Waals surface area contributed by atoms with E-state index in [0.717, 1.165) is 33.5 Å². The number of carbonyl (C=O) groups excluding carboxylic acids is 1. The number of Topliss-reactive ketones (excluding diaryl/α,β-unsaturated/α-hetero) is 1. The van der Waals surface area contributed by atoms with Gasteiger partial charge in [0.05, 0.1) is 0 Å². The van der Waals surface area contributed by atoms with E-state index in [9.17, 15) is 4.79 Å². The van der Waals surface area contributed by atoms with Gasteiger partial charge >= 0.3 is 0 Å². The first-order chi connectivity index (χ1) is 10.0. The Morgan fingerprint density at radius 2 is 1.52 bits per heavy atom. The lowest BCUT2D eigenvalue weighted by Crippen LogP contribution is -2.48. The highest BCUT2D eigenvalue weighted by atomic mass is 35.5. The average molecular weight is 303 g/mol. The van der Waals surface area contributed by atoms with E-state index < -0.39 is 0 Å². The maximum Gasteiger partial charge on any atom is 0.166 e. The van der Waals surface area contributed by atoms with E-state index >= 15 is 0 Å². The van der Waals surface area contributed by atoms with Crippen molar-refractivity contribution in [1.82, 2.24) is 0 Å². The summed E-state index contributed by atoms with van der Waals surface area (Å²) in [6.45, 7) is 4.02. The lowest BCUT2D eigenvalue weighted by Gasteiger charge is -2.53. The van der Waals surface area contributed by atoms with Crippen molar-refractivity contribution in [1.29, 1.82) is 0 Å². The molecule has 0 saturated heterocycles. The summed E-state index contributed by atoms with van der Waals surface area (Å²) in [7, 11) is 0. The van der Waals surface area contributed by atoms with Crippen LogP contribution in [0.5, 0.6) is 0 Å². The molecule has 4 bridgehead atoms. The van der Waals surface area contributed by atoms with Crippen LogP contribution in [0.15, 0.2) is 12.1 Å². The first-order valence-corrected chi connectivity index (χ1v) is 8.71. The summed E-state index contributed by atoms with van der Waals surface area (Å²) in [5.74, 6) is 3.85. The zero-order valence-electron chi connectivity index (χ0n) is 12.9. The predicted molar refractivity (Wildman–Crippen MR) is 85.8 cm³/mol. The molecule has 0 aromatic heterocycles. The Hall–Kier alpha value is -0.820. The van der Waals surface area contributed by atoms with Gasteiger partial charge in [0.2, 0.25) is 0 Å². The second kappa shape index (κ2) is 4.84. The van der Waals surface area contributed by atoms with Crippen LogP contribution in [0.2, 0.25) is 5.02 Å². The maximum absolute atomic E-state index is 13.2. The molecule has 1 nitrogen and oxygen atoms in total. The Morgan fingerprint density at radius 3 is 2.10 bits per heavy atom. The third-order valence-electron chi connectivity index (χ3n) is 6.30. The second-order valence-electron chi connectivity index (χ2n) is 7.74. The topological polar surface area (TPSA) is 17.1 Å². The Kier molecular flexibility index (Phi) is 3.19. The number of aryl methyl sites for hydroxylation is 2. The molecule has 0 amide bonds. The van der Waals surface area contributed by atoms with Crippen molar-refractivity contribution in [3.8, 4) is 0 Å². The van der Waals surface area contributed by atoms with E-state index in [1.165, 1.54) is 32.1 Å². The monoisotopic (exact) mass is 302 g/mol. The number of rotatable bonds is 2. The van der Waals surface area contributed by atoms with Crippen molar-refractivity contribution >= 4 is 17.4 Å². The van der Waals surface area contributed by atoms with E-state index in [2.05, 4.69) is 0 Å². The van der Waals surface area contributed by atoms with Crippen molar-refractivity contribution < 1.29 is 4.79 Å². The summed E-state index contributed by atoms with van der Waals surface area (Å²) in [6, 6.07) is 3.98. The molecule has 21 heavy (non-hydrogen) atoms. The number of halogens is 1. The third-order valence-corrected chi connectivity index (χ3v) is 6.71. The van der Waals surface area contributed by atoms with Gasteiger partial charge in [-0.15, -0.1) is 0 Å². The van der Waals surface area contributed by atoms with Gasteiger partial charge in [-0.1, -0.05) is 11.6 Å². The minimum absolute atomic E-state index is 0.289. The molecular formula is C19H23ClO. The third kappa shape index (κ3) is 2.16. The SMILES string of the molecule is Cc1cc(C(=O)C2C3CC4CC(C3)CC2C4)c(C)cc1Cl. The minimum atomic E-state index is 0.289. The quantitative estimate of drug-likeness (QED) is 0.685. The fourth-order valence-corrected chi connectivity index (χ4v) is 5.80. The van der Waals surface area contributed by atoms with Crippen LogP contribution >= 0.6 is 11.6 Å². The Bertz CT molecular complexity index is 576. The fraction of sp³-hybridized carbons (Fsp3) is 0.632. The summed E-state index contributed by atoms with van der Waals surface area (Å²) in [5, 5.41) is 0.772. The van der Waals surface area contributed by atoms with Crippen molar-refractivity contribution in [3.05, 3.63) is 33.8 Å². The molecule has 0 N–H and O–H groups in total. The van der Waals surface area contributed by atoms with Crippen LogP contribution in [0.4, 0.5) is 0 Å². The number of ketones is 1. The molecule has 4 aliphatic carbocycles. The molecule has 0 atom stereocenters. The van der Waals surface area contributed by atoms with Crippen LogP contribution in [-0.2, 0) is 0 Å². The Morgan fingerprint density at radius 1 is 0.952 bits per heavy atom. The van der Waals surface area contributed by atoms with Crippen LogP contribution in [0.3, 0.4) is 0 Å². The molecule has 0 aliphatic heterocycles. The van der Waals surface area contributed by atoms with Gasteiger partial charge in [-0.3, -0.25) is 4.79 Å². The molecule has 1 aromatic rings. The molecular weight excluding hydrogens is 280 g/mol. The number of benzene rings is 1. The van der Waals surface area contributed by atoms with Gasteiger partial charge in [0, 0.05) is 16.5 Å². The summed E-state index contributed by atoms with van der Waals surface area (Å²) in [6.07, 6.45) is 6.64. The lowest BCUT2D eigenvalue weighted by atomic mass is 9.51. The van der Waals surface area contributed by atoms with E-state index in [1.807, 2.05) is 26.0 Å². The van der Waals surface area contributed by atoms with Crippen molar-refractivity contribution in [2.75, 3.05) is 0 Å². The predicted octanol–water partition coefficient (Wildman–Crippen LogP) is 5.21. The molecule has 4 fully saturated rings. The zero-order valence-corrected chi connectivity index (χ0v) is 13.6. The average Bonchev–Trinajstić information content (AvgIpc) is 2.41. The highest BCUT2D eigenvalue weighted by Crippen LogP contribution is 2.57. The summed E-state index contributed by atoms with van der Waals surface area (Å²) < 4.78 is 0. The molecule has 0 radical (unpaired) electrons. The summed E-state index contributed by atoms with van der Waals surface area (Å²) in [4.78, 5) is 13.2. The number of hydrogen-bond donors (Lipinski definition) is 0. The van der Waals surface area contributed by atoms with Crippen LogP contribution in [0.1, 0.15) is 53.6 Å². The van der Waals surface area contributed by atoms with E-state index in [0.29, 0.717) is 17.6 Å². The molecule has 0 spiro atoms. The van der Waals surface area contributed by atoms with Gasteiger partial charge in [0.15, 0.2) is 5.78 Å². The molecule has 4 aliphatic rings. The number of carbonyl (C=O) groups is 1. The van der Waals surface area contributed by atoms with Crippen LogP contribution in [-0.4, -0.2) is 5.78 Å². The van der Waals surface area contributed by atoms with Crippen LogP contribution in [0.25, 0.3) is 0 Å². The largest absolute Gasteiger partial charge is 0.294 e. The van der Waals surface area contributed by atoms with Gasteiger partial charge < -0.3 is 0 Å². The summed E-state index contributed by atoms with van der Waals surface area (Å²) >= 11 is 6.19. The molecule has 2 heteroatoms. The van der Waals surface area contributed by atoms with Gasteiger partial charge in [0.25, 0.3) is 0 Å². The molecule has 5 rings (SSSR count). The molecule has 112 valence electrons. The first-order valence-electron chi connectivity index (χ1n) is 8.34. The standard InChI is InChI=1S/C19H23ClO/c1-10-4-17(20)11(2)3-16(10)19(21)18-14-6-12-5-13(8-14)9-15(18)7-12/h3-4,12-15,18H,5-9H2,1-2H3. The molecule has 0 unspecified atom stereocenters. The fourth-order valence-electron chi connectivity index (χ4n) is 5.58. The second-order valence-corrected chi connectivity index (χ2v) is 8.14. The smallest absolute Gasteiger partial charge is 0.166 e. The molecule has 4 saturated carbocycles. The Balaban J connectivity index is 1.68. The van der Waals surface area contributed by atoms with Crippen molar-refractivity contribution in [2.24, 2.45) is 29.6 Å². The first kappa shape index (κ1) is 13.8. The highest BCUT2D eigenvalue weighted by Gasteiger charge is 2.50. The van der Waals surface area contributed by atoms with Crippen LogP contribution < -0.4 is 0 Å². The van der Waals surface area contributed by atoms with Gasteiger partial charge in [-0.25, -0.2) is 0 Å². The van der Waals surface area contributed by atoms with Gasteiger partial charge in [0.1, 0.15) is 0 Å².